The number of halogens is 10. The third kappa shape index (κ3) is 11.0. The minimum absolute atomic E-state index is 0.0486. The molecule has 234 valence electrons. The van der Waals surface area contributed by atoms with Crippen molar-refractivity contribution in [3.8, 4) is 0 Å². The zero-order chi connectivity index (χ0) is 31.9. The van der Waals surface area contributed by atoms with Crippen molar-refractivity contribution in [3.05, 3.63) is 16.3 Å². The average molecular weight is 639 g/mol. The summed E-state index contributed by atoms with van der Waals surface area (Å²) >= 11 is 0. The minimum atomic E-state index is -7.62. The van der Waals surface area contributed by atoms with Crippen molar-refractivity contribution in [2.75, 3.05) is 33.3 Å². The van der Waals surface area contributed by atoms with Crippen molar-refractivity contribution >= 4 is 26.0 Å². The molecule has 0 spiro atoms. The number of hydrogen-bond donors (Lipinski definition) is 1. The van der Waals surface area contributed by atoms with E-state index in [0.717, 1.165) is 30.4 Å². The van der Waals surface area contributed by atoms with Crippen LogP contribution in [0.4, 0.5) is 43.9 Å². The molecule has 0 aliphatic carbocycles. The van der Waals surface area contributed by atoms with Gasteiger partial charge in [0.05, 0.1) is 20.1 Å². The number of likely N-dealkylation sites (N-methyl/N-ethyl adjacent to an activating group) is 1. The van der Waals surface area contributed by atoms with Crippen LogP contribution in [0.5, 0.6) is 0 Å². The van der Waals surface area contributed by atoms with Crippen LogP contribution in [0.3, 0.4) is 0 Å². The highest BCUT2D eigenvalue weighted by atomic mass is 32.3. The van der Waals surface area contributed by atoms with Crippen LogP contribution in [0.2, 0.25) is 0 Å². The number of esters is 1. The molecule has 0 aromatic rings. The van der Waals surface area contributed by atoms with Gasteiger partial charge in [0.25, 0.3) is 0 Å². The number of sulfonamides is 2. The second kappa shape index (κ2) is 13.8. The molecule has 0 aromatic carbocycles. The Morgan fingerprint density at radius 1 is 0.872 bits per heavy atom. The summed E-state index contributed by atoms with van der Waals surface area (Å²) in [7, 11) is -13.1. The Balaban J connectivity index is 0. The molecule has 1 N–H and O–H groups in total. The molecule has 1 unspecified atom stereocenters. The lowest BCUT2D eigenvalue weighted by Gasteiger charge is -2.35. The number of carbonyl (C=O) groups excluding carboxylic acids is 1. The van der Waals surface area contributed by atoms with E-state index in [1.54, 1.807) is 6.92 Å². The summed E-state index contributed by atoms with van der Waals surface area (Å²) in [6.07, 6.45) is -12.5. The summed E-state index contributed by atoms with van der Waals surface area (Å²) in [5.41, 5.74) is 0.363. The van der Waals surface area contributed by atoms with Gasteiger partial charge < -0.3 is 18.5 Å². The maximum Gasteiger partial charge on any atom is 0.467 e. The molecule has 0 aliphatic heterocycles. The molecule has 0 aromatic heterocycles. The van der Waals surface area contributed by atoms with Gasteiger partial charge in [0.2, 0.25) is 0 Å². The van der Waals surface area contributed by atoms with E-state index < -0.39 is 55.0 Å². The van der Waals surface area contributed by atoms with E-state index in [9.17, 15) is 70.6 Å². The third-order valence-electron chi connectivity index (χ3n) is 4.44. The molecule has 0 radical (unpaired) electrons. The second-order valence-corrected chi connectivity index (χ2v) is 11.9. The maximum atomic E-state index is 12.3. The normalized spacial score (nSPS) is 14.7. The number of alkyl halides is 10. The highest BCUT2D eigenvalue weighted by Gasteiger charge is 2.68. The van der Waals surface area contributed by atoms with Crippen LogP contribution < -0.4 is 0 Å². The van der Waals surface area contributed by atoms with Crippen LogP contribution in [0, 0.1) is 0 Å². The van der Waals surface area contributed by atoms with Crippen molar-refractivity contribution in [3.63, 3.8) is 0 Å². The number of quaternary nitrogens is 1. The van der Waals surface area contributed by atoms with Gasteiger partial charge in [0, 0.05) is 5.57 Å². The topological polar surface area (TPSA) is 129 Å². The van der Waals surface area contributed by atoms with E-state index >= 15 is 0 Å². The number of hydrogen-bond acceptors (Lipinski definition) is 7. The zero-order valence-electron chi connectivity index (χ0n) is 20.9. The van der Waals surface area contributed by atoms with Crippen LogP contribution in [0.25, 0.3) is 4.13 Å². The number of ether oxygens (including phenoxy) is 1. The Labute approximate surface area is 218 Å². The fraction of sp³-hybridized carbons (Fsp3) is 0.833. The smallest absolute Gasteiger partial charge is 0.459 e. The molecular weight excluding hydrogens is 610 g/mol. The van der Waals surface area contributed by atoms with E-state index in [0.29, 0.717) is 16.2 Å². The zero-order valence-corrected chi connectivity index (χ0v) is 22.5. The fourth-order valence-corrected chi connectivity index (χ4v) is 5.11. The molecule has 9 nitrogen and oxygen atoms in total. The first kappa shape index (κ1) is 39.4. The van der Waals surface area contributed by atoms with E-state index in [2.05, 4.69) is 27.5 Å². The number of carbonyl (C=O) groups is 1. The molecule has 0 aliphatic rings. The molecule has 0 amide bonds. The largest absolute Gasteiger partial charge is 0.467 e. The molecule has 0 rings (SSSR count). The van der Waals surface area contributed by atoms with Crippen LogP contribution >= 0.6 is 0 Å². The molecule has 39 heavy (non-hydrogen) atoms. The highest BCUT2D eigenvalue weighted by Crippen LogP contribution is 2.47. The first-order valence-electron chi connectivity index (χ1n) is 10.5. The van der Waals surface area contributed by atoms with E-state index in [4.69, 9.17) is 4.74 Å². The van der Waals surface area contributed by atoms with Gasteiger partial charge in [-0.05, 0) is 19.8 Å². The number of aliphatic hydroxyl groups is 1. The van der Waals surface area contributed by atoms with Gasteiger partial charge in [-0.3, -0.25) is 0 Å². The molecule has 0 fully saturated rings. The van der Waals surface area contributed by atoms with E-state index in [-0.39, 0.29) is 6.61 Å². The summed E-state index contributed by atoms with van der Waals surface area (Å²) in [5, 5.41) is -4.04. The lowest BCUT2D eigenvalue weighted by molar-refractivity contribution is -0.912. The standard InChI is InChI=1S/C14H28NO3.C4F10NO4S2/c1-6-8-15(5,9-7-2)10-13(16)11-18-14(17)12(3)4;5-1(6,7)3(11,12)20(16,17)15-21(18,19)4(13,14)2(8,9)10/h13,16H,3,6-11H2,1-2,4-5H3;/q+1;-1. The van der Waals surface area contributed by atoms with Gasteiger partial charge in [-0.2, -0.15) is 43.9 Å². The van der Waals surface area contributed by atoms with Crippen molar-refractivity contribution in [1.29, 1.82) is 0 Å². The summed E-state index contributed by atoms with van der Waals surface area (Å²) < 4.78 is 167. The highest BCUT2D eigenvalue weighted by molar-refractivity contribution is 8.13. The summed E-state index contributed by atoms with van der Waals surface area (Å²) in [6.45, 7) is 12.1. The summed E-state index contributed by atoms with van der Waals surface area (Å²) in [4.78, 5) is 11.2. The number of nitrogens with zero attached hydrogens (tertiary/aromatic N) is 2. The molecule has 1 atom stereocenters. The molecule has 0 saturated heterocycles. The Morgan fingerprint density at radius 2 is 1.21 bits per heavy atom. The summed E-state index contributed by atoms with van der Waals surface area (Å²) in [5.74, 6) is -0.436. The van der Waals surface area contributed by atoms with Crippen LogP contribution in [0.1, 0.15) is 33.6 Å². The third-order valence-corrected chi connectivity index (χ3v) is 7.77. The molecule has 0 heterocycles. The van der Waals surface area contributed by atoms with Gasteiger partial charge in [0.1, 0.15) is 19.3 Å². The maximum absolute atomic E-state index is 12.3. The van der Waals surface area contributed by atoms with Crippen molar-refractivity contribution < 1.29 is 79.9 Å². The lowest BCUT2D eigenvalue weighted by Crippen LogP contribution is -2.50. The molecular formula is C18H28F10N2O7S2. The van der Waals surface area contributed by atoms with Crippen LogP contribution in [0.15, 0.2) is 12.2 Å². The minimum Gasteiger partial charge on any atom is -0.459 e. The Morgan fingerprint density at radius 3 is 1.46 bits per heavy atom. The number of rotatable bonds is 13. The average Bonchev–Trinajstić information content (AvgIpc) is 2.69. The predicted molar refractivity (Wildman–Crippen MR) is 116 cm³/mol. The lowest BCUT2D eigenvalue weighted by atomic mass is 10.2. The Kier molecular flexibility index (Phi) is 13.9. The quantitative estimate of drug-likeness (QED) is 0.139. The van der Waals surface area contributed by atoms with Crippen molar-refractivity contribution in [2.45, 2.75) is 62.6 Å². The van der Waals surface area contributed by atoms with E-state index in [1.807, 2.05) is 0 Å². The predicted octanol–water partition coefficient (Wildman–Crippen LogP) is 4.06. The van der Waals surface area contributed by atoms with Gasteiger partial charge >= 0.3 is 28.8 Å². The number of aliphatic hydroxyl groups excluding tert-OH is 1. The van der Waals surface area contributed by atoms with Crippen LogP contribution in [-0.2, 0) is 29.6 Å². The van der Waals surface area contributed by atoms with Crippen LogP contribution in [-0.4, -0.2) is 94.6 Å². The Bertz CT molecular complexity index is 983. The van der Waals surface area contributed by atoms with Gasteiger partial charge in [-0.1, -0.05) is 20.4 Å². The summed E-state index contributed by atoms with van der Waals surface area (Å²) in [6, 6.07) is 0. The SMILES string of the molecule is C=C(C)C(=O)OCC(O)C[N+](C)(CCC)CCC.O=S(=O)([N-]S(=O)(=O)C(F)(F)C(F)(F)F)C(F)(F)C(F)(F)F. The molecule has 0 bridgehead atoms. The van der Waals surface area contributed by atoms with Gasteiger partial charge in [0.15, 0.2) is 20.0 Å². The molecule has 0 saturated carbocycles. The van der Waals surface area contributed by atoms with E-state index in [1.165, 1.54) is 0 Å². The van der Waals surface area contributed by atoms with Gasteiger partial charge in [-0.15, -0.1) is 0 Å². The fourth-order valence-electron chi connectivity index (χ4n) is 2.75. The monoisotopic (exact) mass is 638 g/mol. The van der Waals surface area contributed by atoms with Crippen molar-refractivity contribution in [1.82, 2.24) is 0 Å². The first-order valence-corrected chi connectivity index (χ1v) is 13.4. The van der Waals surface area contributed by atoms with Gasteiger partial charge in [-0.25, -0.2) is 21.6 Å². The Hall–Kier alpha value is -1.71. The second-order valence-electron chi connectivity index (χ2n) is 8.34. The molecule has 21 heteroatoms. The first-order chi connectivity index (χ1) is 17.0. The van der Waals surface area contributed by atoms with Crippen molar-refractivity contribution in [2.24, 2.45) is 0 Å².